The Labute approximate surface area is 184 Å². The molecule has 32 heavy (non-hydrogen) atoms. The van der Waals surface area contributed by atoms with Gasteiger partial charge in [0.2, 0.25) is 0 Å². The van der Waals surface area contributed by atoms with E-state index in [1.807, 2.05) is 11.0 Å². The minimum atomic E-state index is -1.09. The Morgan fingerprint density at radius 1 is 1.16 bits per heavy atom. The van der Waals surface area contributed by atoms with Crippen LogP contribution in [-0.2, 0) is 0 Å². The maximum Gasteiger partial charge on any atom is 0.251 e. The number of nitrogens with zero attached hydrogens (tertiary/aromatic N) is 4. The van der Waals surface area contributed by atoms with Crippen molar-refractivity contribution in [2.24, 2.45) is 0 Å². The number of hydrogen-bond acceptors (Lipinski definition) is 6. The fourth-order valence-electron chi connectivity index (χ4n) is 4.13. The van der Waals surface area contributed by atoms with Crippen molar-refractivity contribution in [1.82, 2.24) is 20.3 Å². The largest absolute Gasteiger partial charge is 0.507 e. The van der Waals surface area contributed by atoms with Crippen molar-refractivity contribution in [3.63, 3.8) is 0 Å². The molecule has 2 N–H and O–H groups in total. The molecule has 1 aliphatic carbocycles. The van der Waals surface area contributed by atoms with Crippen molar-refractivity contribution < 1.29 is 14.3 Å². The number of halogens is 1. The monoisotopic (exact) mass is 431 g/mol. The second kappa shape index (κ2) is 8.37. The first-order chi connectivity index (χ1) is 15.6. The van der Waals surface area contributed by atoms with Crippen LogP contribution in [0, 0.1) is 0 Å². The van der Waals surface area contributed by atoms with E-state index in [1.165, 1.54) is 0 Å². The molecule has 8 heteroatoms. The number of fused-ring (bicyclic) bond motifs is 1. The summed E-state index contributed by atoms with van der Waals surface area (Å²) < 4.78 is 14.2. The molecule has 1 unspecified atom stereocenters. The number of amides is 1. The second-order valence-electron chi connectivity index (χ2n) is 7.95. The minimum absolute atomic E-state index is 0.0661. The molecular weight excluding hydrogens is 409 g/mol. The molecule has 0 spiro atoms. The van der Waals surface area contributed by atoms with Gasteiger partial charge in [-0.3, -0.25) is 9.78 Å². The van der Waals surface area contributed by atoms with Gasteiger partial charge in [0, 0.05) is 48.7 Å². The molecule has 1 aliphatic heterocycles. The number of aromatic hydroxyl groups is 1. The fourth-order valence-corrected chi connectivity index (χ4v) is 4.13. The van der Waals surface area contributed by atoms with Crippen LogP contribution in [0.25, 0.3) is 23.5 Å². The topological polar surface area (TPSA) is 91.2 Å². The van der Waals surface area contributed by atoms with E-state index in [9.17, 15) is 14.3 Å². The van der Waals surface area contributed by atoms with Crippen LogP contribution in [0.1, 0.15) is 23.2 Å². The summed E-state index contributed by atoms with van der Waals surface area (Å²) in [6.07, 6.45) is 6.41. The zero-order valence-electron chi connectivity index (χ0n) is 17.3. The summed E-state index contributed by atoms with van der Waals surface area (Å²) in [5.41, 5.74) is 1.08. The Kier molecular flexibility index (Phi) is 5.26. The molecule has 2 atom stereocenters. The summed E-state index contributed by atoms with van der Waals surface area (Å²) in [5, 5.41) is 14.7. The van der Waals surface area contributed by atoms with Gasteiger partial charge in [-0.05, 0) is 36.8 Å². The summed E-state index contributed by atoms with van der Waals surface area (Å²) >= 11 is 0. The van der Waals surface area contributed by atoms with Crippen LogP contribution in [0.5, 0.6) is 5.75 Å². The second-order valence-corrected chi connectivity index (χ2v) is 7.95. The molecular formula is C24H22FN5O2. The Morgan fingerprint density at radius 2 is 1.97 bits per heavy atom. The third kappa shape index (κ3) is 3.91. The Balaban J connectivity index is 1.47. The van der Waals surface area contributed by atoms with Gasteiger partial charge in [0.1, 0.15) is 17.7 Å². The summed E-state index contributed by atoms with van der Waals surface area (Å²) in [6.45, 7) is 1.21. The van der Waals surface area contributed by atoms with E-state index < -0.39 is 6.17 Å². The molecule has 3 aromatic rings. The molecule has 162 valence electrons. The smallest absolute Gasteiger partial charge is 0.251 e. The minimum Gasteiger partial charge on any atom is -0.507 e. The lowest BCUT2D eigenvalue weighted by Gasteiger charge is -2.21. The molecule has 2 aliphatic rings. The third-order valence-electron chi connectivity index (χ3n) is 5.75. The van der Waals surface area contributed by atoms with Gasteiger partial charge in [-0.1, -0.05) is 18.2 Å². The van der Waals surface area contributed by atoms with Crippen LogP contribution in [-0.4, -0.2) is 51.3 Å². The predicted octanol–water partition coefficient (Wildman–Crippen LogP) is 1.56. The first-order valence-corrected chi connectivity index (χ1v) is 10.6. The van der Waals surface area contributed by atoms with E-state index >= 15 is 0 Å². The van der Waals surface area contributed by atoms with Crippen LogP contribution in [0.2, 0.25) is 0 Å². The average molecular weight is 431 g/mol. The number of carbonyl (C=O) groups is 1. The SMILES string of the molecule is O=C(N[C@H]1CCN(c2nc(-c3ccccc3O)nc3c2=CC(F)CC=3)C1)c1ccncc1. The van der Waals surface area contributed by atoms with Crippen molar-refractivity contribution in [2.75, 3.05) is 18.0 Å². The molecule has 3 heterocycles. The molecule has 1 aromatic carbocycles. The number of aromatic nitrogens is 3. The zero-order chi connectivity index (χ0) is 22.1. The Bertz CT molecular complexity index is 1280. The van der Waals surface area contributed by atoms with Crippen LogP contribution in [0.15, 0.2) is 48.8 Å². The van der Waals surface area contributed by atoms with Crippen molar-refractivity contribution in [1.29, 1.82) is 0 Å². The molecule has 1 amide bonds. The number of nitrogens with one attached hydrogen (secondary N) is 1. The summed E-state index contributed by atoms with van der Waals surface area (Å²) in [5.74, 6) is 0.948. The highest BCUT2D eigenvalue weighted by molar-refractivity contribution is 5.94. The summed E-state index contributed by atoms with van der Waals surface area (Å²) in [4.78, 5) is 27.8. The molecule has 0 radical (unpaired) electrons. The quantitative estimate of drug-likeness (QED) is 0.652. The number of benzene rings is 1. The van der Waals surface area contributed by atoms with Crippen LogP contribution >= 0.6 is 0 Å². The van der Waals surface area contributed by atoms with Crippen molar-refractivity contribution in [2.45, 2.75) is 25.1 Å². The number of pyridine rings is 1. The van der Waals surface area contributed by atoms with E-state index in [1.54, 1.807) is 54.9 Å². The number of rotatable bonds is 4. The van der Waals surface area contributed by atoms with Gasteiger partial charge in [-0.15, -0.1) is 0 Å². The lowest BCUT2D eigenvalue weighted by Crippen LogP contribution is -2.42. The number of phenolic OH excluding ortho intramolecular Hbond substituents is 1. The highest BCUT2D eigenvalue weighted by atomic mass is 19.1. The predicted molar refractivity (Wildman–Crippen MR) is 119 cm³/mol. The van der Waals surface area contributed by atoms with Gasteiger partial charge < -0.3 is 15.3 Å². The highest BCUT2D eigenvalue weighted by Gasteiger charge is 2.27. The van der Waals surface area contributed by atoms with Gasteiger partial charge in [0.25, 0.3) is 5.91 Å². The Hall–Kier alpha value is -3.81. The number of para-hydroxylation sites is 1. The first-order valence-electron chi connectivity index (χ1n) is 10.6. The van der Waals surface area contributed by atoms with Gasteiger partial charge in [-0.2, -0.15) is 0 Å². The molecule has 2 aromatic heterocycles. The summed E-state index contributed by atoms with van der Waals surface area (Å²) in [7, 11) is 0. The van der Waals surface area contributed by atoms with Gasteiger partial charge in [0.05, 0.1) is 10.9 Å². The first kappa shape index (κ1) is 20.1. The van der Waals surface area contributed by atoms with Gasteiger partial charge in [-0.25, -0.2) is 14.4 Å². The lowest BCUT2D eigenvalue weighted by molar-refractivity contribution is 0.0940. The molecule has 5 rings (SSSR count). The van der Waals surface area contributed by atoms with Crippen molar-refractivity contribution >= 4 is 23.9 Å². The molecule has 1 fully saturated rings. The van der Waals surface area contributed by atoms with E-state index in [4.69, 9.17) is 4.98 Å². The number of phenols is 1. The molecule has 7 nitrogen and oxygen atoms in total. The van der Waals surface area contributed by atoms with E-state index in [-0.39, 0.29) is 24.1 Å². The normalized spacial score (nSPS) is 19.6. The standard InChI is InChI=1S/C24H22FN5O2/c25-16-5-6-20-19(13-16)23(29-22(28-20)18-3-1-2-4-21(18)31)30-12-9-17(14-30)27-24(32)15-7-10-26-11-8-15/h1-4,6-8,10-11,13,16-17,31H,5,9,12,14H2,(H,27,32)/t16?,17-/m0/s1. The molecule has 0 saturated carbocycles. The average Bonchev–Trinajstić information content (AvgIpc) is 3.27. The summed E-state index contributed by atoms with van der Waals surface area (Å²) in [6, 6.07) is 10.2. The maximum atomic E-state index is 14.2. The highest BCUT2D eigenvalue weighted by Crippen LogP contribution is 2.26. The number of alkyl halides is 1. The number of carbonyl (C=O) groups excluding carboxylic acids is 1. The third-order valence-corrected chi connectivity index (χ3v) is 5.75. The van der Waals surface area contributed by atoms with E-state index in [0.717, 1.165) is 6.42 Å². The number of hydrogen-bond donors (Lipinski definition) is 2. The van der Waals surface area contributed by atoms with Crippen molar-refractivity contribution in [3.05, 3.63) is 64.9 Å². The molecule has 1 saturated heterocycles. The zero-order valence-corrected chi connectivity index (χ0v) is 17.3. The van der Waals surface area contributed by atoms with E-state index in [0.29, 0.717) is 46.4 Å². The van der Waals surface area contributed by atoms with Crippen molar-refractivity contribution in [3.8, 4) is 17.1 Å². The number of anilines is 1. The van der Waals surface area contributed by atoms with Gasteiger partial charge in [0.15, 0.2) is 5.82 Å². The molecule has 0 bridgehead atoms. The Morgan fingerprint density at radius 3 is 2.78 bits per heavy atom. The fraction of sp³-hybridized carbons (Fsp3) is 0.250. The van der Waals surface area contributed by atoms with Crippen LogP contribution < -0.4 is 20.8 Å². The lowest BCUT2D eigenvalue weighted by atomic mass is 10.1. The maximum absolute atomic E-state index is 14.2. The van der Waals surface area contributed by atoms with Crippen LogP contribution in [0.4, 0.5) is 10.2 Å². The van der Waals surface area contributed by atoms with E-state index in [2.05, 4.69) is 15.3 Å². The van der Waals surface area contributed by atoms with Crippen LogP contribution in [0.3, 0.4) is 0 Å². The van der Waals surface area contributed by atoms with Gasteiger partial charge >= 0.3 is 0 Å².